The highest BCUT2D eigenvalue weighted by molar-refractivity contribution is 7.95. The standard InChI is InChI=1S/C15H12FNO4S/c16-14-7-6-12(10-13(14)15(18)19)17-22(20,21)9-8-11-4-2-1-3-5-11/h1-10,17H,(H,18,19). The fourth-order valence-electron chi connectivity index (χ4n) is 1.68. The molecule has 0 aromatic heterocycles. The molecule has 114 valence electrons. The van der Waals surface area contributed by atoms with E-state index in [1.54, 1.807) is 30.3 Å². The Bertz CT molecular complexity index is 817. The summed E-state index contributed by atoms with van der Waals surface area (Å²) in [5, 5.41) is 9.76. The van der Waals surface area contributed by atoms with Crippen LogP contribution < -0.4 is 4.72 Å². The third kappa shape index (κ3) is 4.16. The number of carbonyl (C=O) groups is 1. The summed E-state index contributed by atoms with van der Waals surface area (Å²) in [5.41, 5.74) is 0.0574. The number of aromatic carboxylic acids is 1. The summed E-state index contributed by atoms with van der Waals surface area (Å²) in [4.78, 5) is 10.8. The molecule has 0 spiro atoms. The van der Waals surface area contributed by atoms with E-state index in [1.165, 1.54) is 6.08 Å². The number of carboxylic acid groups (broad SMARTS) is 1. The minimum absolute atomic E-state index is 0.0310. The molecular formula is C15H12FNO4S. The van der Waals surface area contributed by atoms with Gasteiger partial charge in [-0.25, -0.2) is 17.6 Å². The van der Waals surface area contributed by atoms with Crippen LogP contribution in [0.5, 0.6) is 0 Å². The van der Waals surface area contributed by atoms with Gasteiger partial charge in [0, 0.05) is 5.69 Å². The lowest BCUT2D eigenvalue weighted by atomic mass is 10.2. The van der Waals surface area contributed by atoms with Crippen LogP contribution in [0.4, 0.5) is 10.1 Å². The lowest BCUT2D eigenvalue weighted by Crippen LogP contribution is -2.10. The molecule has 5 nitrogen and oxygen atoms in total. The van der Waals surface area contributed by atoms with E-state index in [1.807, 2.05) is 0 Å². The van der Waals surface area contributed by atoms with Crippen molar-refractivity contribution in [1.29, 1.82) is 0 Å². The Hall–Kier alpha value is -2.67. The Morgan fingerprint density at radius 1 is 1.14 bits per heavy atom. The average molecular weight is 321 g/mol. The second-order valence-electron chi connectivity index (χ2n) is 4.36. The molecule has 0 fully saturated rings. The van der Waals surface area contributed by atoms with Crippen molar-refractivity contribution >= 4 is 27.8 Å². The Kier molecular flexibility index (Phi) is 4.57. The van der Waals surface area contributed by atoms with Crippen molar-refractivity contribution in [3.05, 3.63) is 70.9 Å². The van der Waals surface area contributed by atoms with Crippen LogP contribution in [0, 0.1) is 5.82 Å². The zero-order valence-electron chi connectivity index (χ0n) is 11.2. The number of rotatable bonds is 5. The molecule has 2 aromatic rings. The smallest absolute Gasteiger partial charge is 0.338 e. The maximum atomic E-state index is 13.3. The number of sulfonamides is 1. The van der Waals surface area contributed by atoms with Gasteiger partial charge in [-0.3, -0.25) is 4.72 Å². The molecule has 7 heteroatoms. The number of hydrogen-bond acceptors (Lipinski definition) is 3. The van der Waals surface area contributed by atoms with Crippen molar-refractivity contribution in [2.75, 3.05) is 4.72 Å². The predicted molar refractivity (Wildman–Crippen MR) is 81.4 cm³/mol. The molecule has 22 heavy (non-hydrogen) atoms. The van der Waals surface area contributed by atoms with E-state index >= 15 is 0 Å². The summed E-state index contributed by atoms with van der Waals surface area (Å²) in [7, 11) is -3.83. The zero-order valence-corrected chi connectivity index (χ0v) is 12.0. The first-order valence-corrected chi connectivity index (χ1v) is 7.71. The molecular weight excluding hydrogens is 309 g/mol. The summed E-state index contributed by atoms with van der Waals surface area (Å²) in [6.45, 7) is 0. The molecule has 0 aliphatic heterocycles. The number of nitrogens with one attached hydrogen (secondary N) is 1. The Morgan fingerprint density at radius 3 is 2.45 bits per heavy atom. The van der Waals surface area contributed by atoms with E-state index in [-0.39, 0.29) is 5.69 Å². The SMILES string of the molecule is O=C(O)c1cc(NS(=O)(=O)C=Cc2ccccc2)ccc1F. The number of hydrogen-bond donors (Lipinski definition) is 2. The lowest BCUT2D eigenvalue weighted by Gasteiger charge is -2.06. The van der Waals surface area contributed by atoms with Crippen molar-refractivity contribution in [1.82, 2.24) is 0 Å². The van der Waals surface area contributed by atoms with Gasteiger partial charge < -0.3 is 5.11 Å². The van der Waals surface area contributed by atoms with Gasteiger partial charge in [0.05, 0.1) is 11.0 Å². The van der Waals surface area contributed by atoms with Gasteiger partial charge in [-0.1, -0.05) is 30.3 Å². The summed E-state index contributed by atoms with van der Waals surface area (Å²) < 4.78 is 39.2. The van der Waals surface area contributed by atoms with Crippen LogP contribution in [0.15, 0.2) is 53.9 Å². The highest BCUT2D eigenvalue weighted by Crippen LogP contribution is 2.17. The van der Waals surface area contributed by atoms with Gasteiger partial charge in [0.15, 0.2) is 0 Å². The first kappa shape index (κ1) is 15.7. The van der Waals surface area contributed by atoms with Crippen molar-refractivity contribution in [3.63, 3.8) is 0 Å². The van der Waals surface area contributed by atoms with Crippen molar-refractivity contribution in [3.8, 4) is 0 Å². The van der Waals surface area contributed by atoms with Crippen LogP contribution in [-0.2, 0) is 10.0 Å². The molecule has 2 aromatic carbocycles. The van der Waals surface area contributed by atoms with Crippen LogP contribution in [0.25, 0.3) is 6.08 Å². The maximum Gasteiger partial charge on any atom is 0.338 e. The van der Waals surface area contributed by atoms with Gasteiger partial charge in [-0.2, -0.15) is 0 Å². The van der Waals surface area contributed by atoms with E-state index in [4.69, 9.17) is 5.11 Å². The normalized spacial score (nSPS) is 11.5. The molecule has 0 unspecified atom stereocenters. The molecule has 0 radical (unpaired) electrons. The Balaban J connectivity index is 2.20. The minimum Gasteiger partial charge on any atom is -0.478 e. The lowest BCUT2D eigenvalue weighted by molar-refractivity contribution is 0.0692. The first-order chi connectivity index (χ1) is 10.4. The topological polar surface area (TPSA) is 83.5 Å². The molecule has 0 atom stereocenters. The number of halogens is 1. The van der Waals surface area contributed by atoms with Gasteiger partial charge in [0.25, 0.3) is 10.0 Å². The molecule has 0 heterocycles. The number of carboxylic acids is 1. The zero-order chi connectivity index (χ0) is 16.2. The first-order valence-electron chi connectivity index (χ1n) is 6.16. The highest BCUT2D eigenvalue weighted by atomic mass is 32.2. The molecule has 0 aliphatic carbocycles. The van der Waals surface area contributed by atoms with Crippen LogP contribution in [-0.4, -0.2) is 19.5 Å². The number of anilines is 1. The van der Waals surface area contributed by atoms with Gasteiger partial charge in [0.2, 0.25) is 0 Å². The maximum absolute atomic E-state index is 13.3. The Morgan fingerprint density at radius 2 is 1.82 bits per heavy atom. The van der Waals surface area contributed by atoms with Crippen molar-refractivity contribution in [2.45, 2.75) is 0 Å². The van der Waals surface area contributed by atoms with Crippen molar-refractivity contribution < 1.29 is 22.7 Å². The van der Waals surface area contributed by atoms with Gasteiger partial charge in [-0.15, -0.1) is 0 Å². The molecule has 0 bridgehead atoms. The van der Waals surface area contributed by atoms with E-state index in [2.05, 4.69) is 4.72 Å². The van der Waals surface area contributed by atoms with Gasteiger partial charge in [0.1, 0.15) is 5.82 Å². The molecule has 0 aliphatic rings. The van der Waals surface area contributed by atoms with E-state index in [0.29, 0.717) is 5.56 Å². The van der Waals surface area contributed by atoms with Crippen LogP contribution >= 0.6 is 0 Å². The number of benzene rings is 2. The van der Waals surface area contributed by atoms with Gasteiger partial charge >= 0.3 is 5.97 Å². The van der Waals surface area contributed by atoms with E-state index < -0.39 is 27.4 Å². The van der Waals surface area contributed by atoms with Crippen LogP contribution in [0.1, 0.15) is 15.9 Å². The summed E-state index contributed by atoms with van der Waals surface area (Å²) in [6.07, 6.45) is 1.39. The second-order valence-corrected chi connectivity index (χ2v) is 5.93. The van der Waals surface area contributed by atoms with Gasteiger partial charge in [-0.05, 0) is 29.8 Å². The third-order valence-electron chi connectivity index (χ3n) is 2.70. The monoisotopic (exact) mass is 321 g/mol. The highest BCUT2D eigenvalue weighted by Gasteiger charge is 2.13. The summed E-state index contributed by atoms with van der Waals surface area (Å²) in [6, 6.07) is 11.7. The fourth-order valence-corrected chi connectivity index (χ4v) is 2.54. The summed E-state index contributed by atoms with van der Waals surface area (Å²) in [5.74, 6) is -2.41. The molecule has 0 saturated carbocycles. The quantitative estimate of drug-likeness (QED) is 0.887. The second kappa shape index (κ2) is 6.40. The minimum atomic E-state index is -3.83. The molecule has 2 rings (SSSR count). The van der Waals surface area contributed by atoms with Crippen molar-refractivity contribution in [2.24, 2.45) is 0 Å². The van der Waals surface area contributed by atoms with Crippen LogP contribution in [0.3, 0.4) is 0 Å². The largest absolute Gasteiger partial charge is 0.478 e. The van der Waals surface area contributed by atoms with Crippen LogP contribution in [0.2, 0.25) is 0 Å². The molecule has 2 N–H and O–H groups in total. The van der Waals surface area contributed by atoms with E-state index in [9.17, 15) is 17.6 Å². The van der Waals surface area contributed by atoms with E-state index in [0.717, 1.165) is 23.6 Å². The third-order valence-corrected chi connectivity index (χ3v) is 3.71. The Labute approximate surface area is 126 Å². The molecule has 0 amide bonds. The fraction of sp³-hybridized carbons (Fsp3) is 0. The predicted octanol–water partition coefficient (Wildman–Crippen LogP) is 2.94. The average Bonchev–Trinajstić information content (AvgIpc) is 2.48. The molecule has 0 saturated heterocycles. The summed E-state index contributed by atoms with van der Waals surface area (Å²) >= 11 is 0.